The van der Waals surface area contributed by atoms with E-state index in [0.717, 1.165) is 11.8 Å². The Morgan fingerprint density at radius 3 is 2.36 bits per heavy atom. The van der Waals surface area contributed by atoms with Gasteiger partial charge < -0.3 is 0 Å². The van der Waals surface area contributed by atoms with Crippen molar-refractivity contribution in [1.82, 2.24) is 0 Å². The molecule has 0 heterocycles. The molecule has 0 nitrogen and oxygen atoms in total. The van der Waals surface area contributed by atoms with Crippen LogP contribution in [0.15, 0.2) is 12.7 Å². The second-order valence-corrected chi connectivity index (χ2v) is 3.43. The zero-order chi connectivity index (χ0) is 8.69. The second kappa shape index (κ2) is 6.45. The van der Waals surface area contributed by atoms with E-state index in [2.05, 4.69) is 33.4 Å². The summed E-state index contributed by atoms with van der Waals surface area (Å²) in [7, 11) is 0. The van der Waals surface area contributed by atoms with Crippen molar-refractivity contribution in [2.75, 3.05) is 0 Å². The van der Waals surface area contributed by atoms with Crippen molar-refractivity contribution in [1.29, 1.82) is 0 Å². The number of unbranched alkanes of at least 4 members (excludes halogenated alkanes) is 1. The fourth-order valence-electron chi connectivity index (χ4n) is 1.38. The lowest BCUT2D eigenvalue weighted by atomic mass is 9.88. The van der Waals surface area contributed by atoms with Gasteiger partial charge in [-0.3, -0.25) is 0 Å². The predicted molar refractivity (Wildman–Crippen MR) is 52.7 cm³/mol. The molecule has 2 unspecified atom stereocenters. The Labute approximate surface area is 71.7 Å². The first kappa shape index (κ1) is 10.7. The minimum Gasteiger partial charge on any atom is -0.103 e. The lowest BCUT2D eigenvalue weighted by Gasteiger charge is -2.18. The van der Waals surface area contributed by atoms with Crippen LogP contribution in [-0.4, -0.2) is 0 Å². The molecule has 2 atom stereocenters. The third-order valence-electron chi connectivity index (χ3n) is 2.57. The molecule has 0 aromatic rings. The summed E-state index contributed by atoms with van der Waals surface area (Å²) in [6.45, 7) is 10.7. The number of hydrogen-bond donors (Lipinski definition) is 0. The Balaban J connectivity index is 3.65. The van der Waals surface area contributed by atoms with Gasteiger partial charge in [-0.05, 0) is 18.3 Å². The molecule has 0 aliphatic carbocycles. The minimum absolute atomic E-state index is 0.750. The first-order chi connectivity index (χ1) is 5.26. The van der Waals surface area contributed by atoms with E-state index in [1.807, 2.05) is 0 Å². The number of allylic oxidation sites excluding steroid dienone is 1. The quantitative estimate of drug-likeness (QED) is 0.507. The summed E-state index contributed by atoms with van der Waals surface area (Å²) in [4.78, 5) is 0. The van der Waals surface area contributed by atoms with Crippen LogP contribution in [0.3, 0.4) is 0 Å². The van der Waals surface area contributed by atoms with E-state index in [1.54, 1.807) is 0 Å². The molecule has 11 heavy (non-hydrogen) atoms. The van der Waals surface area contributed by atoms with E-state index in [4.69, 9.17) is 0 Å². The molecular formula is C11H22. The summed E-state index contributed by atoms with van der Waals surface area (Å²) in [5.41, 5.74) is 0. The maximum Gasteiger partial charge on any atom is -0.0211 e. The molecule has 0 aliphatic heterocycles. The van der Waals surface area contributed by atoms with Gasteiger partial charge in [-0.15, -0.1) is 6.58 Å². The molecule has 0 heteroatoms. The summed E-state index contributed by atoms with van der Waals surface area (Å²) >= 11 is 0. The predicted octanol–water partition coefficient (Wildman–Crippen LogP) is 4.02. The lowest BCUT2D eigenvalue weighted by molar-refractivity contribution is 0.384. The fraction of sp³-hybridized carbons (Fsp3) is 0.818. The molecule has 0 aromatic heterocycles. The Bertz CT molecular complexity index is 94.2. The van der Waals surface area contributed by atoms with E-state index >= 15 is 0 Å². The fourth-order valence-corrected chi connectivity index (χ4v) is 1.38. The number of rotatable bonds is 6. The summed E-state index contributed by atoms with van der Waals surface area (Å²) in [5.74, 6) is 1.57. The van der Waals surface area contributed by atoms with Gasteiger partial charge in [0, 0.05) is 0 Å². The summed E-state index contributed by atoms with van der Waals surface area (Å²) in [6.07, 6.45) is 7.39. The molecule has 0 saturated heterocycles. The van der Waals surface area contributed by atoms with Crippen molar-refractivity contribution in [2.24, 2.45) is 11.8 Å². The molecule has 0 rings (SSSR count). The van der Waals surface area contributed by atoms with Crippen molar-refractivity contribution in [3.05, 3.63) is 12.7 Å². The Morgan fingerprint density at radius 1 is 1.36 bits per heavy atom. The average molecular weight is 154 g/mol. The van der Waals surface area contributed by atoms with Gasteiger partial charge in [-0.2, -0.15) is 0 Å². The maximum absolute atomic E-state index is 3.88. The van der Waals surface area contributed by atoms with E-state index < -0.39 is 0 Å². The molecule has 66 valence electrons. The first-order valence-corrected chi connectivity index (χ1v) is 4.88. The smallest absolute Gasteiger partial charge is 0.0211 e. The van der Waals surface area contributed by atoms with Crippen LogP contribution < -0.4 is 0 Å². The van der Waals surface area contributed by atoms with E-state index in [9.17, 15) is 0 Å². The molecule has 0 aromatic carbocycles. The van der Waals surface area contributed by atoms with Gasteiger partial charge in [0.2, 0.25) is 0 Å². The normalized spacial score (nSPS) is 15.9. The van der Waals surface area contributed by atoms with E-state index in [0.29, 0.717) is 0 Å². The third-order valence-corrected chi connectivity index (χ3v) is 2.57. The van der Waals surface area contributed by atoms with Crippen LogP contribution in [-0.2, 0) is 0 Å². The van der Waals surface area contributed by atoms with Crippen LogP contribution in [0, 0.1) is 11.8 Å². The summed E-state index contributed by atoms with van der Waals surface area (Å²) in [5, 5.41) is 0. The van der Waals surface area contributed by atoms with Crippen molar-refractivity contribution >= 4 is 0 Å². The van der Waals surface area contributed by atoms with Crippen molar-refractivity contribution in [2.45, 2.75) is 46.5 Å². The van der Waals surface area contributed by atoms with Gasteiger partial charge in [0.25, 0.3) is 0 Å². The Hall–Kier alpha value is -0.260. The molecule has 0 amide bonds. The molecule has 0 bridgehead atoms. The van der Waals surface area contributed by atoms with Crippen LogP contribution in [0.1, 0.15) is 46.5 Å². The highest BCUT2D eigenvalue weighted by atomic mass is 14.2. The van der Waals surface area contributed by atoms with Crippen LogP contribution in [0.25, 0.3) is 0 Å². The lowest BCUT2D eigenvalue weighted by Crippen LogP contribution is -2.07. The first-order valence-electron chi connectivity index (χ1n) is 4.88. The topological polar surface area (TPSA) is 0 Å². The van der Waals surface area contributed by atoms with Gasteiger partial charge >= 0.3 is 0 Å². The second-order valence-electron chi connectivity index (χ2n) is 3.43. The standard InChI is InChI=1S/C11H22/c1-5-8-9-11(7-3)10(4)6-2/h7,10-11H,3,5-6,8-9H2,1-2,4H3. The molecule has 0 spiro atoms. The molecule has 0 saturated carbocycles. The number of hydrogen-bond acceptors (Lipinski definition) is 0. The molecule has 0 radical (unpaired) electrons. The van der Waals surface area contributed by atoms with Gasteiger partial charge in [0.05, 0.1) is 0 Å². The highest BCUT2D eigenvalue weighted by Crippen LogP contribution is 2.21. The highest BCUT2D eigenvalue weighted by molar-refractivity contribution is 4.82. The largest absolute Gasteiger partial charge is 0.103 e. The van der Waals surface area contributed by atoms with Crippen molar-refractivity contribution in [3.8, 4) is 0 Å². The molecule has 0 aliphatic rings. The Kier molecular flexibility index (Phi) is 6.30. The van der Waals surface area contributed by atoms with Gasteiger partial charge in [0.15, 0.2) is 0 Å². The van der Waals surface area contributed by atoms with Gasteiger partial charge in [0.1, 0.15) is 0 Å². The van der Waals surface area contributed by atoms with Crippen LogP contribution >= 0.6 is 0 Å². The van der Waals surface area contributed by atoms with Gasteiger partial charge in [-0.25, -0.2) is 0 Å². The summed E-state index contributed by atoms with van der Waals surface area (Å²) in [6, 6.07) is 0. The zero-order valence-electron chi connectivity index (χ0n) is 8.27. The van der Waals surface area contributed by atoms with Crippen LogP contribution in [0.2, 0.25) is 0 Å². The molecule has 0 N–H and O–H groups in total. The highest BCUT2D eigenvalue weighted by Gasteiger charge is 2.10. The maximum atomic E-state index is 3.88. The van der Waals surface area contributed by atoms with Gasteiger partial charge in [-0.1, -0.05) is 46.1 Å². The van der Waals surface area contributed by atoms with E-state index in [1.165, 1.54) is 25.7 Å². The molecule has 0 fully saturated rings. The Morgan fingerprint density at radius 2 is 2.00 bits per heavy atom. The van der Waals surface area contributed by atoms with Crippen molar-refractivity contribution < 1.29 is 0 Å². The monoisotopic (exact) mass is 154 g/mol. The van der Waals surface area contributed by atoms with Crippen LogP contribution in [0.4, 0.5) is 0 Å². The zero-order valence-corrected chi connectivity index (χ0v) is 8.27. The van der Waals surface area contributed by atoms with Crippen LogP contribution in [0.5, 0.6) is 0 Å². The summed E-state index contributed by atoms with van der Waals surface area (Å²) < 4.78 is 0. The van der Waals surface area contributed by atoms with E-state index in [-0.39, 0.29) is 0 Å². The SMILES string of the molecule is C=CC(CCCC)C(C)CC. The molecular weight excluding hydrogens is 132 g/mol. The average Bonchev–Trinajstić information content (AvgIpc) is 2.05. The van der Waals surface area contributed by atoms with Crippen molar-refractivity contribution in [3.63, 3.8) is 0 Å². The third kappa shape index (κ3) is 4.23. The minimum atomic E-state index is 0.750.